The largest absolute Gasteiger partial charge is 0.295 e. The first-order chi connectivity index (χ1) is 8.22. The summed E-state index contributed by atoms with van der Waals surface area (Å²) in [5, 5.41) is 12.1. The molecule has 2 atom stereocenters. The van der Waals surface area contributed by atoms with Gasteiger partial charge in [0, 0.05) is 13.1 Å². The maximum atomic E-state index is 4.18. The highest BCUT2D eigenvalue weighted by molar-refractivity contribution is 4.91. The van der Waals surface area contributed by atoms with Gasteiger partial charge in [-0.25, -0.2) is 4.68 Å². The molecule has 1 aliphatic carbocycles. The van der Waals surface area contributed by atoms with Gasteiger partial charge in [0.1, 0.15) is 0 Å². The molecule has 17 heavy (non-hydrogen) atoms. The van der Waals surface area contributed by atoms with E-state index in [1.807, 2.05) is 4.68 Å². The van der Waals surface area contributed by atoms with Gasteiger partial charge in [0.25, 0.3) is 0 Å². The Morgan fingerprint density at radius 3 is 2.53 bits per heavy atom. The number of hydrogen-bond donors (Lipinski definition) is 0. The second-order valence-corrected chi connectivity index (χ2v) is 5.91. The highest BCUT2D eigenvalue weighted by Gasteiger charge is 2.29. The van der Waals surface area contributed by atoms with Crippen LogP contribution in [0.4, 0.5) is 0 Å². The zero-order chi connectivity index (χ0) is 11.8. The molecule has 1 saturated carbocycles. The Kier molecular flexibility index (Phi) is 2.86. The van der Waals surface area contributed by atoms with Gasteiger partial charge >= 0.3 is 0 Å². The van der Waals surface area contributed by atoms with E-state index in [2.05, 4.69) is 34.3 Å². The summed E-state index contributed by atoms with van der Waals surface area (Å²) in [5.41, 5.74) is 0. The third-order valence-corrected chi connectivity index (χ3v) is 3.76. The zero-order valence-corrected chi connectivity index (χ0v) is 10.7. The summed E-state index contributed by atoms with van der Waals surface area (Å²) in [7, 11) is 0. The Morgan fingerprint density at radius 1 is 1.18 bits per heavy atom. The van der Waals surface area contributed by atoms with Gasteiger partial charge in [-0.05, 0) is 41.5 Å². The highest BCUT2D eigenvalue weighted by Crippen LogP contribution is 2.34. The van der Waals surface area contributed by atoms with Crippen molar-refractivity contribution in [3.63, 3.8) is 0 Å². The average molecular weight is 235 g/mol. The van der Waals surface area contributed by atoms with Crippen LogP contribution in [0.15, 0.2) is 0 Å². The standard InChI is InChI=1S/C12H21N5/c1-9-5-10(2)7-16(6-9)8-12-13-14-15-17(12)11-3-4-11/h9-11H,3-8H2,1-2H3. The zero-order valence-electron chi connectivity index (χ0n) is 10.7. The minimum Gasteiger partial charge on any atom is -0.295 e. The van der Waals surface area contributed by atoms with E-state index in [4.69, 9.17) is 0 Å². The van der Waals surface area contributed by atoms with Gasteiger partial charge in [0.15, 0.2) is 5.82 Å². The lowest BCUT2D eigenvalue weighted by Gasteiger charge is -2.34. The maximum absolute atomic E-state index is 4.18. The first-order valence-corrected chi connectivity index (χ1v) is 6.71. The Bertz CT molecular complexity index is 374. The summed E-state index contributed by atoms with van der Waals surface area (Å²) in [4.78, 5) is 2.50. The maximum Gasteiger partial charge on any atom is 0.165 e. The molecule has 0 spiro atoms. The fourth-order valence-electron chi connectivity index (χ4n) is 3.04. The highest BCUT2D eigenvalue weighted by atomic mass is 15.6. The molecule has 0 radical (unpaired) electrons. The van der Waals surface area contributed by atoms with E-state index < -0.39 is 0 Å². The smallest absolute Gasteiger partial charge is 0.165 e. The van der Waals surface area contributed by atoms with Gasteiger partial charge in [0.2, 0.25) is 0 Å². The lowest BCUT2D eigenvalue weighted by atomic mass is 9.92. The van der Waals surface area contributed by atoms with Crippen molar-refractivity contribution >= 4 is 0 Å². The molecule has 1 aromatic rings. The molecule has 3 rings (SSSR count). The summed E-state index contributed by atoms with van der Waals surface area (Å²) in [6.07, 6.45) is 3.83. The van der Waals surface area contributed by atoms with Crippen LogP contribution in [0, 0.1) is 11.8 Å². The number of piperidine rings is 1. The summed E-state index contributed by atoms with van der Waals surface area (Å²) in [5.74, 6) is 2.64. The van der Waals surface area contributed by atoms with Crippen LogP contribution in [-0.4, -0.2) is 38.2 Å². The Labute approximate surface area is 102 Å². The summed E-state index contributed by atoms with van der Waals surface area (Å²) < 4.78 is 2.03. The molecule has 5 heteroatoms. The fraction of sp³-hybridized carbons (Fsp3) is 0.917. The predicted octanol–water partition coefficient (Wildman–Crippen LogP) is 1.49. The van der Waals surface area contributed by atoms with Crippen molar-refractivity contribution in [3.05, 3.63) is 5.82 Å². The fourth-order valence-corrected chi connectivity index (χ4v) is 3.04. The Balaban J connectivity index is 1.67. The summed E-state index contributed by atoms with van der Waals surface area (Å²) in [6, 6.07) is 0.583. The number of nitrogens with zero attached hydrogens (tertiary/aromatic N) is 5. The van der Waals surface area contributed by atoms with Crippen molar-refractivity contribution in [2.75, 3.05) is 13.1 Å². The van der Waals surface area contributed by atoms with E-state index in [1.54, 1.807) is 0 Å². The van der Waals surface area contributed by atoms with E-state index >= 15 is 0 Å². The predicted molar refractivity (Wildman–Crippen MR) is 64.3 cm³/mol. The van der Waals surface area contributed by atoms with Crippen LogP contribution in [-0.2, 0) is 6.54 Å². The van der Waals surface area contributed by atoms with Crippen LogP contribution in [0.1, 0.15) is 45.0 Å². The third kappa shape index (κ3) is 2.49. The molecule has 1 aromatic heterocycles. The SMILES string of the molecule is CC1CC(C)CN(Cc2nnnn2C2CC2)C1. The van der Waals surface area contributed by atoms with Crippen LogP contribution in [0.5, 0.6) is 0 Å². The number of tetrazole rings is 1. The molecule has 2 unspecified atom stereocenters. The molecule has 0 amide bonds. The number of aromatic nitrogens is 4. The average Bonchev–Trinajstić information content (AvgIpc) is 2.99. The molecule has 2 aliphatic rings. The van der Waals surface area contributed by atoms with E-state index in [0.29, 0.717) is 6.04 Å². The molecular formula is C12H21N5. The van der Waals surface area contributed by atoms with Crippen LogP contribution in [0.3, 0.4) is 0 Å². The molecule has 0 aromatic carbocycles. The van der Waals surface area contributed by atoms with Gasteiger partial charge in [0.05, 0.1) is 12.6 Å². The van der Waals surface area contributed by atoms with Gasteiger partial charge in [-0.3, -0.25) is 4.90 Å². The molecule has 0 bridgehead atoms. The second-order valence-electron chi connectivity index (χ2n) is 5.91. The summed E-state index contributed by atoms with van der Waals surface area (Å²) in [6.45, 7) is 7.96. The molecule has 5 nitrogen and oxygen atoms in total. The number of likely N-dealkylation sites (tertiary alicyclic amines) is 1. The minimum atomic E-state index is 0.583. The van der Waals surface area contributed by atoms with E-state index in [9.17, 15) is 0 Å². The van der Waals surface area contributed by atoms with E-state index in [1.165, 1.54) is 32.4 Å². The van der Waals surface area contributed by atoms with Crippen molar-refractivity contribution < 1.29 is 0 Å². The second kappa shape index (κ2) is 4.37. The normalized spacial score (nSPS) is 30.7. The van der Waals surface area contributed by atoms with Crippen molar-refractivity contribution in [2.24, 2.45) is 11.8 Å². The van der Waals surface area contributed by atoms with Gasteiger partial charge in [-0.1, -0.05) is 13.8 Å². The number of hydrogen-bond acceptors (Lipinski definition) is 4. The molecule has 0 N–H and O–H groups in total. The van der Waals surface area contributed by atoms with Crippen LogP contribution < -0.4 is 0 Å². The Hall–Kier alpha value is -0.970. The first kappa shape index (κ1) is 11.1. The molecule has 1 aliphatic heterocycles. The monoisotopic (exact) mass is 235 g/mol. The number of rotatable bonds is 3. The minimum absolute atomic E-state index is 0.583. The van der Waals surface area contributed by atoms with E-state index in [-0.39, 0.29) is 0 Å². The van der Waals surface area contributed by atoms with Crippen molar-refractivity contribution in [3.8, 4) is 0 Å². The van der Waals surface area contributed by atoms with Gasteiger partial charge in [-0.15, -0.1) is 5.10 Å². The van der Waals surface area contributed by atoms with Gasteiger partial charge in [-0.2, -0.15) is 0 Å². The lowest BCUT2D eigenvalue weighted by Crippen LogP contribution is -2.38. The molecule has 94 valence electrons. The molecule has 2 heterocycles. The molecule has 2 fully saturated rings. The van der Waals surface area contributed by atoms with Crippen LogP contribution >= 0.6 is 0 Å². The lowest BCUT2D eigenvalue weighted by molar-refractivity contribution is 0.129. The first-order valence-electron chi connectivity index (χ1n) is 6.71. The van der Waals surface area contributed by atoms with Gasteiger partial charge < -0.3 is 0 Å². The van der Waals surface area contributed by atoms with Crippen molar-refractivity contribution in [1.29, 1.82) is 0 Å². The van der Waals surface area contributed by atoms with E-state index in [0.717, 1.165) is 24.2 Å². The topological polar surface area (TPSA) is 46.8 Å². The molecular weight excluding hydrogens is 214 g/mol. The quantitative estimate of drug-likeness (QED) is 0.796. The van der Waals surface area contributed by atoms with Crippen molar-refractivity contribution in [1.82, 2.24) is 25.1 Å². The summed E-state index contributed by atoms with van der Waals surface area (Å²) >= 11 is 0. The molecule has 1 saturated heterocycles. The Morgan fingerprint density at radius 2 is 1.88 bits per heavy atom. The van der Waals surface area contributed by atoms with Crippen LogP contribution in [0.25, 0.3) is 0 Å². The van der Waals surface area contributed by atoms with Crippen LogP contribution in [0.2, 0.25) is 0 Å². The third-order valence-electron chi connectivity index (χ3n) is 3.76. The van der Waals surface area contributed by atoms with Crippen molar-refractivity contribution in [2.45, 2.75) is 45.7 Å².